The van der Waals surface area contributed by atoms with Crippen molar-refractivity contribution >= 4 is 15.7 Å². The molecular formula is C29H36F2N4O6S. The summed E-state index contributed by atoms with van der Waals surface area (Å²) in [7, 11) is -1.20. The van der Waals surface area contributed by atoms with Crippen LogP contribution in [0.3, 0.4) is 0 Å². The highest BCUT2D eigenvalue weighted by Crippen LogP contribution is 2.28. The molecule has 0 unspecified atom stereocenters. The van der Waals surface area contributed by atoms with Crippen molar-refractivity contribution in [2.75, 3.05) is 26.5 Å². The molecule has 10 nitrogen and oxygen atoms in total. The molecule has 0 atom stereocenters. The number of pyridine rings is 1. The number of ether oxygens (including phenoxy) is 2. The highest BCUT2D eigenvalue weighted by molar-refractivity contribution is 7.91. The minimum atomic E-state index is -4.19. The third kappa shape index (κ3) is 9.07. The van der Waals surface area contributed by atoms with Gasteiger partial charge in [0.05, 0.1) is 32.2 Å². The monoisotopic (exact) mass is 606 g/mol. The van der Waals surface area contributed by atoms with E-state index in [0.717, 1.165) is 31.7 Å². The Balaban J connectivity index is 1.81. The number of nitrogens with one attached hydrogen (secondary N) is 1. The number of sulfone groups is 1. The second-order valence-electron chi connectivity index (χ2n) is 9.67. The number of halogens is 2. The van der Waals surface area contributed by atoms with Gasteiger partial charge in [-0.25, -0.2) is 27.2 Å². The first-order valence-electron chi connectivity index (χ1n) is 13.7. The lowest BCUT2D eigenvalue weighted by Gasteiger charge is -2.13. The number of hydrogen-bond acceptors (Lipinski definition) is 8. The normalized spacial score (nSPS) is 11.5. The van der Waals surface area contributed by atoms with E-state index in [1.807, 2.05) is 0 Å². The van der Waals surface area contributed by atoms with E-state index in [2.05, 4.69) is 22.2 Å². The van der Waals surface area contributed by atoms with Crippen LogP contribution in [0.5, 0.6) is 11.5 Å². The van der Waals surface area contributed by atoms with Crippen LogP contribution in [0.1, 0.15) is 63.1 Å². The van der Waals surface area contributed by atoms with Gasteiger partial charge in [0.15, 0.2) is 11.5 Å². The molecule has 0 bridgehead atoms. The molecule has 0 aliphatic heterocycles. The lowest BCUT2D eigenvalue weighted by atomic mass is 10.1. The summed E-state index contributed by atoms with van der Waals surface area (Å²) in [5.41, 5.74) is -0.256. The summed E-state index contributed by atoms with van der Waals surface area (Å²) in [6.07, 6.45) is 2.30. The molecule has 2 heterocycles. The van der Waals surface area contributed by atoms with Gasteiger partial charge < -0.3 is 19.4 Å². The van der Waals surface area contributed by atoms with Crippen molar-refractivity contribution in [3.63, 3.8) is 0 Å². The number of alkyl halides is 2. The zero-order chi connectivity index (χ0) is 30.7. The molecule has 1 amide bonds. The minimum Gasteiger partial charge on any atom is -0.493 e. The molecule has 0 radical (unpaired) electrons. The van der Waals surface area contributed by atoms with Crippen molar-refractivity contribution in [2.45, 2.75) is 63.6 Å². The van der Waals surface area contributed by atoms with Crippen LogP contribution >= 0.6 is 0 Å². The number of unbranched alkanes of at least 4 members (excludes halogenated alkanes) is 3. The summed E-state index contributed by atoms with van der Waals surface area (Å²) in [6, 6.07) is 8.76. The van der Waals surface area contributed by atoms with Crippen molar-refractivity contribution < 1.29 is 31.5 Å². The first-order valence-corrected chi connectivity index (χ1v) is 15.3. The van der Waals surface area contributed by atoms with Crippen molar-refractivity contribution in [3.8, 4) is 22.8 Å². The Morgan fingerprint density at radius 1 is 1.00 bits per heavy atom. The predicted octanol–water partition coefficient (Wildman–Crippen LogP) is 4.56. The van der Waals surface area contributed by atoms with E-state index < -0.39 is 32.9 Å². The third-order valence-corrected chi connectivity index (χ3v) is 8.04. The summed E-state index contributed by atoms with van der Waals surface area (Å²) in [5.74, 6) is 0.221. The van der Waals surface area contributed by atoms with Crippen molar-refractivity contribution in [1.82, 2.24) is 19.9 Å². The Bertz CT molecular complexity index is 1530. The number of rotatable bonds is 16. The average Bonchev–Trinajstić information content (AvgIpc) is 2.97. The maximum absolute atomic E-state index is 13.7. The van der Waals surface area contributed by atoms with Crippen molar-refractivity contribution in [2.24, 2.45) is 0 Å². The summed E-state index contributed by atoms with van der Waals surface area (Å²) in [5, 5.41) is 2.00. The Hall–Kier alpha value is -3.87. The van der Waals surface area contributed by atoms with Gasteiger partial charge in [0, 0.05) is 30.8 Å². The fraction of sp³-hybridized carbons (Fsp3) is 0.448. The van der Waals surface area contributed by atoms with Crippen molar-refractivity contribution in [1.29, 1.82) is 0 Å². The Morgan fingerprint density at radius 2 is 1.76 bits per heavy atom. The van der Waals surface area contributed by atoms with E-state index in [-0.39, 0.29) is 42.1 Å². The number of methoxy groups -OCH3 is 2. The molecule has 1 aromatic carbocycles. The van der Waals surface area contributed by atoms with E-state index in [1.54, 1.807) is 18.2 Å². The Morgan fingerprint density at radius 3 is 2.45 bits per heavy atom. The number of hydrogen-bond donors (Lipinski definition) is 1. The summed E-state index contributed by atoms with van der Waals surface area (Å²) < 4.78 is 65.4. The van der Waals surface area contributed by atoms with E-state index in [0.29, 0.717) is 23.6 Å². The standard InChI is InChI=1S/C29H36F2N4O6S/c1-4-5-6-7-14-32-26(36)9-8-15-42(38,39)29-33-22(17-23(34-29)28(30)31)21-11-13-27(37)35(19-21)18-20-10-12-24(40-2)25(16-20)41-3/h10-13,16-17,19,28H,4-9,14-15,18H2,1-3H3,(H,32,36). The molecule has 2 aromatic heterocycles. The molecule has 1 N–H and O–H groups in total. The number of carbonyl (C=O) groups excluding carboxylic acids is 1. The average molecular weight is 607 g/mol. The van der Waals surface area contributed by atoms with E-state index in [4.69, 9.17) is 9.47 Å². The third-order valence-electron chi connectivity index (χ3n) is 6.48. The van der Waals surface area contributed by atoms with E-state index in [1.165, 1.54) is 37.1 Å². The Kier molecular flexibility index (Phi) is 12.0. The predicted molar refractivity (Wildman–Crippen MR) is 154 cm³/mol. The van der Waals surface area contributed by atoms with Crippen LogP contribution in [-0.2, 0) is 21.2 Å². The maximum atomic E-state index is 13.7. The highest BCUT2D eigenvalue weighted by Gasteiger charge is 2.23. The molecule has 0 aliphatic carbocycles. The van der Waals surface area contributed by atoms with Crippen LogP contribution in [0.15, 0.2) is 52.5 Å². The molecule has 0 saturated carbocycles. The summed E-state index contributed by atoms with van der Waals surface area (Å²) in [6.45, 7) is 2.72. The topological polar surface area (TPSA) is 129 Å². The van der Waals surface area contributed by atoms with E-state index in [9.17, 15) is 26.8 Å². The van der Waals surface area contributed by atoms with Crippen molar-refractivity contribution in [3.05, 3.63) is 64.2 Å². The zero-order valence-electron chi connectivity index (χ0n) is 23.9. The van der Waals surface area contributed by atoms with Gasteiger partial charge >= 0.3 is 0 Å². The van der Waals surface area contributed by atoms with Crippen LogP contribution in [0, 0.1) is 0 Å². The second kappa shape index (κ2) is 15.4. The molecule has 42 heavy (non-hydrogen) atoms. The first-order chi connectivity index (χ1) is 20.1. The van der Waals surface area contributed by atoms with Gasteiger partial charge in [-0.15, -0.1) is 0 Å². The van der Waals surface area contributed by atoms with Crippen LogP contribution in [0.25, 0.3) is 11.3 Å². The van der Waals surface area contributed by atoms with Gasteiger partial charge in [0.25, 0.3) is 12.0 Å². The minimum absolute atomic E-state index is 0.0169. The van der Waals surface area contributed by atoms with E-state index >= 15 is 0 Å². The van der Waals surface area contributed by atoms with Crippen LogP contribution in [0.4, 0.5) is 8.78 Å². The second-order valence-corrected chi connectivity index (χ2v) is 11.7. The van der Waals surface area contributed by atoms with Gasteiger partial charge in [-0.2, -0.15) is 0 Å². The lowest BCUT2D eigenvalue weighted by molar-refractivity contribution is -0.121. The molecule has 0 aliphatic rings. The summed E-state index contributed by atoms with van der Waals surface area (Å²) >= 11 is 0. The number of aromatic nitrogens is 3. The fourth-order valence-corrected chi connectivity index (χ4v) is 5.39. The first kappa shape index (κ1) is 32.6. The fourth-order valence-electron chi connectivity index (χ4n) is 4.21. The van der Waals surface area contributed by atoms with Crippen LogP contribution in [0.2, 0.25) is 0 Å². The molecule has 0 fully saturated rings. The maximum Gasteiger partial charge on any atom is 0.280 e. The SMILES string of the molecule is CCCCCCNC(=O)CCCS(=O)(=O)c1nc(-c2ccc(=O)n(Cc3ccc(OC)c(OC)c3)c2)cc(C(F)F)n1. The zero-order valence-corrected chi connectivity index (χ0v) is 24.8. The number of carbonyl (C=O) groups is 1. The largest absolute Gasteiger partial charge is 0.493 e. The van der Waals surface area contributed by atoms with Gasteiger partial charge in [-0.3, -0.25) is 9.59 Å². The number of nitrogens with zero attached hydrogens (tertiary/aromatic N) is 3. The van der Waals surface area contributed by atoms with Gasteiger partial charge in [0.2, 0.25) is 20.9 Å². The van der Waals surface area contributed by atoms with Gasteiger partial charge in [-0.05, 0) is 42.7 Å². The number of amides is 1. The molecule has 3 aromatic rings. The molecule has 3 rings (SSSR count). The highest BCUT2D eigenvalue weighted by atomic mass is 32.2. The van der Waals surface area contributed by atoms with Crippen LogP contribution < -0.4 is 20.3 Å². The molecule has 13 heteroatoms. The smallest absolute Gasteiger partial charge is 0.280 e. The number of benzene rings is 1. The Labute approximate surface area is 244 Å². The quantitative estimate of drug-likeness (QED) is 0.186. The molecule has 228 valence electrons. The molecule has 0 spiro atoms. The molecular weight excluding hydrogens is 570 g/mol. The molecule has 0 saturated heterocycles. The lowest BCUT2D eigenvalue weighted by Crippen LogP contribution is -2.25. The van der Waals surface area contributed by atoms with Crippen LogP contribution in [-0.4, -0.2) is 55.4 Å². The van der Waals surface area contributed by atoms with Gasteiger partial charge in [-0.1, -0.05) is 32.3 Å². The van der Waals surface area contributed by atoms with Gasteiger partial charge in [0.1, 0.15) is 5.69 Å². The summed E-state index contributed by atoms with van der Waals surface area (Å²) in [4.78, 5) is 32.3.